The summed E-state index contributed by atoms with van der Waals surface area (Å²) in [6.07, 6.45) is 3.52. The number of aliphatic hydroxyl groups is 1. The number of alkyl halides is 2. The van der Waals surface area contributed by atoms with Gasteiger partial charge < -0.3 is 15.2 Å². The Morgan fingerprint density at radius 1 is 1.32 bits per heavy atom. The lowest BCUT2D eigenvalue weighted by Gasteiger charge is -2.41. The minimum absolute atomic E-state index is 0.0969. The first kappa shape index (κ1) is 17.3. The van der Waals surface area contributed by atoms with Gasteiger partial charge in [0.05, 0.1) is 12.8 Å². The van der Waals surface area contributed by atoms with Gasteiger partial charge in [-0.05, 0) is 43.0 Å². The van der Waals surface area contributed by atoms with E-state index in [1.807, 2.05) is 6.07 Å². The van der Waals surface area contributed by atoms with E-state index in [0.717, 1.165) is 5.56 Å². The zero-order valence-electron chi connectivity index (χ0n) is 13.6. The van der Waals surface area contributed by atoms with E-state index in [9.17, 15) is 18.7 Å². The Kier molecular flexibility index (Phi) is 4.43. The minimum atomic E-state index is -3.87. The molecule has 1 aromatic carbocycles. The molecule has 0 bridgehead atoms. The van der Waals surface area contributed by atoms with Gasteiger partial charge in [-0.3, -0.25) is 9.78 Å². The standard InChI is InChI=1S/C18H18F2N2O3/c1-25-15-6-5-12(13-4-2-9-21-11-13)10-14(15)22-16(23)18(19,20)17(24)7-3-8-17/h2,4-6,9-11,24H,3,7-8H2,1H3,(H,22,23). The van der Waals surface area contributed by atoms with Gasteiger partial charge in [0, 0.05) is 18.0 Å². The summed E-state index contributed by atoms with van der Waals surface area (Å²) in [6.45, 7) is 0. The molecule has 0 aliphatic heterocycles. The van der Waals surface area contributed by atoms with E-state index < -0.39 is 17.4 Å². The number of nitrogens with zero attached hydrogens (tertiary/aromatic N) is 1. The Morgan fingerprint density at radius 3 is 2.64 bits per heavy atom. The molecule has 1 aromatic heterocycles. The number of aromatic nitrogens is 1. The summed E-state index contributed by atoms with van der Waals surface area (Å²) in [7, 11) is 1.38. The van der Waals surface area contributed by atoms with Crippen molar-refractivity contribution in [3.05, 3.63) is 42.7 Å². The second kappa shape index (κ2) is 6.40. The molecule has 2 N–H and O–H groups in total. The first-order valence-electron chi connectivity index (χ1n) is 7.87. The fourth-order valence-electron chi connectivity index (χ4n) is 2.76. The topological polar surface area (TPSA) is 71.5 Å². The van der Waals surface area contributed by atoms with Crippen molar-refractivity contribution in [3.8, 4) is 16.9 Å². The number of anilines is 1. The van der Waals surface area contributed by atoms with Crippen LogP contribution in [0.4, 0.5) is 14.5 Å². The molecular weight excluding hydrogens is 330 g/mol. The third kappa shape index (κ3) is 3.07. The van der Waals surface area contributed by atoms with E-state index in [0.29, 0.717) is 12.0 Å². The molecule has 0 radical (unpaired) electrons. The maximum Gasteiger partial charge on any atom is 0.352 e. The maximum absolute atomic E-state index is 14.3. The van der Waals surface area contributed by atoms with Crippen LogP contribution in [-0.4, -0.2) is 34.6 Å². The van der Waals surface area contributed by atoms with Gasteiger partial charge in [-0.15, -0.1) is 0 Å². The molecule has 7 heteroatoms. The highest BCUT2D eigenvalue weighted by molar-refractivity contribution is 5.99. The number of rotatable bonds is 5. The number of carbonyl (C=O) groups excluding carboxylic acids is 1. The fourth-order valence-corrected chi connectivity index (χ4v) is 2.76. The average molecular weight is 348 g/mol. The minimum Gasteiger partial charge on any atom is -0.495 e. The van der Waals surface area contributed by atoms with Crippen LogP contribution >= 0.6 is 0 Å². The predicted octanol–water partition coefficient (Wildman–Crippen LogP) is 3.25. The number of amides is 1. The summed E-state index contributed by atoms with van der Waals surface area (Å²) in [6, 6.07) is 8.41. The first-order chi connectivity index (χ1) is 11.9. The van der Waals surface area contributed by atoms with Crippen LogP contribution in [0.15, 0.2) is 42.7 Å². The molecule has 0 atom stereocenters. The summed E-state index contributed by atoms with van der Waals surface area (Å²) in [5, 5.41) is 12.1. The number of benzene rings is 1. The molecule has 1 heterocycles. The highest BCUT2D eigenvalue weighted by atomic mass is 19.3. The zero-order valence-corrected chi connectivity index (χ0v) is 13.6. The maximum atomic E-state index is 14.3. The average Bonchev–Trinajstić information content (AvgIpc) is 2.60. The summed E-state index contributed by atoms with van der Waals surface area (Å²) in [4.78, 5) is 16.1. The Balaban J connectivity index is 1.89. The van der Waals surface area contributed by atoms with E-state index in [-0.39, 0.29) is 24.3 Å². The van der Waals surface area contributed by atoms with Crippen molar-refractivity contribution < 1.29 is 23.4 Å². The monoisotopic (exact) mass is 348 g/mol. The van der Waals surface area contributed by atoms with Crippen LogP contribution in [-0.2, 0) is 4.79 Å². The van der Waals surface area contributed by atoms with Crippen molar-refractivity contribution in [3.63, 3.8) is 0 Å². The second-order valence-electron chi connectivity index (χ2n) is 6.07. The molecule has 3 rings (SSSR count). The van der Waals surface area contributed by atoms with Crippen molar-refractivity contribution >= 4 is 11.6 Å². The van der Waals surface area contributed by atoms with Crippen molar-refractivity contribution in [1.29, 1.82) is 0 Å². The Labute approximate surface area is 143 Å². The molecule has 1 amide bonds. The number of nitrogens with one attached hydrogen (secondary N) is 1. The lowest BCUT2D eigenvalue weighted by Crippen LogP contribution is -2.59. The van der Waals surface area contributed by atoms with Crippen LogP contribution in [0.5, 0.6) is 5.75 Å². The normalized spacial score (nSPS) is 16.0. The summed E-state index contributed by atoms with van der Waals surface area (Å²) >= 11 is 0. The van der Waals surface area contributed by atoms with Gasteiger partial charge in [0.25, 0.3) is 5.91 Å². The molecule has 1 fully saturated rings. The van der Waals surface area contributed by atoms with Crippen LogP contribution in [0.25, 0.3) is 11.1 Å². The van der Waals surface area contributed by atoms with Gasteiger partial charge >= 0.3 is 5.92 Å². The second-order valence-corrected chi connectivity index (χ2v) is 6.07. The third-order valence-corrected chi connectivity index (χ3v) is 4.49. The molecule has 2 aromatic rings. The van der Waals surface area contributed by atoms with Crippen LogP contribution in [0, 0.1) is 0 Å². The van der Waals surface area contributed by atoms with E-state index in [4.69, 9.17) is 4.74 Å². The molecular formula is C18H18F2N2O3. The SMILES string of the molecule is COc1ccc(-c2cccnc2)cc1NC(=O)C(F)(F)C1(O)CCC1. The van der Waals surface area contributed by atoms with Gasteiger partial charge in [0.2, 0.25) is 0 Å². The third-order valence-electron chi connectivity index (χ3n) is 4.49. The van der Waals surface area contributed by atoms with Crippen LogP contribution in [0.1, 0.15) is 19.3 Å². The number of methoxy groups -OCH3 is 1. The van der Waals surface area contributed by atoms with Crippen molar-refractivity contribution in [1.82, 2.24) is 4.98 Å². The summed E-state index contributed by atoms with van der Waals surface area (Å²) in [5.41, 5.74) is -0.706. The van der Waals surface area contributed by atoms with Crippen LogP contribution < -0.4 is 10.1 Å². The number of hydrogen-bond acceptors (Lipinski definition) is 4. The molecule has 1 saturated carbocycles. The van der Waals surface area contributed by atoms with Gasteiger partial charge in [-0.2, -0.15) is 8.78 Å². The lowest BCUT2D eigenvalue weighted by atomic mass is 9.75. The van der Waals surface area contributed by atoms with E-state index >= 15 is 0 Å². The van der Waals surface area contributed by atoms with Gasteiger partial charge in [-0.1, -0.05) is 12.1 Å². The van der Waals surface area contributed by atoms with E-state index in [1.54, 1.807) is 30.6 Å². The lowest BCUT2D eigenvalue weighted by molar-refractivity contribution is -0.212. The number of ether oxygens (including phenoxy) is 1. The number of carbonyl (C=O) groups is 1. The molecule has 1 aliphatic carbocycles. The fraction of sp³-hybridized carbons (Fsp3) is 0.333. The van der Waals surface area contributed by atoms with Crippen molar-refractivity contribution in [2.75, 3.05) is 12.4 Å². The molecule has 132 valence electrons. The largest absolute Gasteiger partial charge is 0.495 e. The zero-order chi connectivity index (χ0) is 18.1. The van der Waals surface area contributed by atoms with Gasteiger partial charge in [0.15, 0.2) is 0 Å². The molecule has 0 spiro atoms. The van der Waals surface area contributed by atoms with Crippen molar-refractivity contribution in [2.24, 2.45) is 0 Å². The number of pyridine rings is 1. The Bertz CT molecular complexity index is 777. The first-order valence-corrected chi connectivity index (χ1v) is 7.87. The highest BCUT2D eigenvalue weighted by Gasteiger charge is 2.61. The van der Waals surface area contributed by atoms with Crippen molar-refractivity contribution in [2.45, 2.75) is 30.8 Å². The Hall–Kier alpha value is -2.54. The number of hydrogen-bond donors (Lipinski definition) is 2. The number of halogens is 2. The van der Waals surface area contributed by atoms with Gasteiger partial charge in [0.1, 0.15) is 11.4 Å². The molecule has 0 unspecified atom stereocenters. The Morgan fingerprint density at radius 2 is 2.08 bits per heavy atom. The van der Waals surface area contributed by atoms with E-state index in [2.05, 4.69) is 10.3 Å². The predicted molar refractivity (Wildman–Crippen MR) is 88.6 cm³/mol. The highest BCUT2D eigenvalue weighted by Crippen LogP contribution is 2.45. The smallest absolute Gasteiger partial charge is 0.352 e. The summed E-state index contributed by atoms with van der Waals surface area (Å²) in [5.74, 6) is -5.17. The van der Waals surface area contributed by atoms with Crippen LogP contribution in [0.2, 0.25) is 0 Å². The van der Waals surface area contributed by atoms with Gasteiger partial charge in [-0.25, -0.2) is 0 Å². The summed E-state index contributed by atoms with van der Waals surface area (Å²) < 4.78 is 33.7. The van der Waals surface area contributed by atoms with E-state index in [1.165, 1.54) is 13.2 Å². The quantitative estimate of drug-likeness (QED) is 0.870. The molecule has 25 heavy (non-hydrogen) atoms. The molecule has 5 nitrogen and oxygen atoms in total. The molecule has 1 aliphatic rings. The molecule has 0 saturated heterocycles. The van der Waals surface area contributed by atoms with Crippen LogP contribution in [0.3, 0.4) is 0 Å².